The van der Waals surface area contributed by atoms with Crippen LogP contribution in [0.2, 0.25) is 0 Å². The van der Waals surface area contributed by atoms with Crippen LogP contribution in [0.4, 0.5) is 0 Å². The van der Waals surface area contributed by atoms with Gasteiger partial charge in [0.25, 0.3) is 0 Å². The molecule has 0 aliphatic carbocycles. The molecule has 1 aromatic carbocycles. The van der Waals surface area contributed by atoms with E-state index in [9.17, 15) is 4.79 Å². The van der Waals surface area contributed by atoms with E-state index in [0.29, 0.717) is 13.0 Å². The molecule has 17 heavy (non-hydrogen) atoms. The predicted octanol–water partition coefficient (Wildman–Crippen LogP) is 2.03. The summed E-state index contributed by atoms with van der Waals surface area (Å²) in [5.41, 5.74) is 1.12. The highest BCUT2D eigenvalue weighted by Crippen LogP contribution is 2.10. The van der Waals surface area contributed by atoms with Gasteiger partial charge in [-0.2, -0.15) is 0 Å². The molecule has 0 spiro atoms. The first-order valence-corrected chi connectivity index (χ1v) is 5.90. The molecule has 0 aliphatic rings. The second kappa shape index (κ2) is 7.63. The van der Waals surface area contributed by atoms with E-state index in [1.807, 2.05) is 37.3 Å². The quantitative estimate of drug-likeness (QED) is 0.558. The zero-order chi connectivity index (χ0) is 12.5. The highest BCUT2D eigenvalue weighted by Gasteiger charge is 2.08. The first kappa shape index (κ1) is 13.5. The third kappa shape index (κ3) is 5.31. The summed E-state index contributed by atoms with van der Waals surface area (Å²) in [5.74, 6) is 0.0675. The Hall–Kier alpha value is -1.61. The summed E-state index contributed by atoms with van der Waals surface area (Å²) in [6.45, 7) is 7.01. The second-order valence-electron chi connectivity index (χ2n) is 3.94. The molecule has 0 bridgehead atoms. The van der Waals surface area contributed by atoms with Crippen molar-refractivity contribution in [1.82, 2.24) is 10.6 Å². The minimum Gasteiger partial charge on any atom is -0.350 e. The van der Waals surface area contributed by atoms with E-state index >= 15 is 0 Å². The molecule has 92 valence electrons. The summed E-state index contributed by atoms with van der Waals surface area (Å²) in [6, 6.07) is 10.0. The van der Waals surface area contributed by atoms with Gasteiger partial charge in [0.05, 0.1) is 6.04 Å². The van der Waals surface area contributed by atoms with Gasteiger partial charge in [0.2, 0.25) is 5.91 Å². The molecule has 0 fully saturated rings. The fourth-order valence-electron chi connectivity index (χ4n) is 1.54. The summed E-state index contributed by atoms with van der Waals surface area (Å²) in [7, 11) is 0. The topological polar surface area (TPSA) is 41.1 Å². The third-order valence-corrected chi connectivity index (χ3v) is 2.49. The summed E-state index contributed by atoms with van der Waals surface area (Å²) >= 11 is 0. The van der Waals surface area contributed by atoms with E-state index in [2.05, 4.69) is 17.2 Å². The Kier molecular flexibility index (Phi) is 6.04. The fraction of sp³-hybridized carbons (Fsp3) is 0.357. The van der Waals surface area contributed by atoms with E-state index in [1.165, 1.54) is 0 Å². The lowest BCUT2D eigenvalue weighted by molar-refractivity contribution is -0.121. The lowest BCUT2D eigenvalue weighted by Crippen LogP contribution is -2.29. The summed E-state index contributed by atoms with van der Waals surface area (Å²) in [6.07, 6.45) is 2.27. The largest absolute Gasteiger partial charge is 0.350 e. The standard InChI is InChI=1S/C14H20N2O/c1-3-10-15-11-9-14(17)16-12(2)13-7-5-4-6-8-13/h3-8,12,15H,1,9-11H2,2H3,(H,16,17). The van der Waals surface area contributed by atoms with Gasteiger partial charge in [-0.25, -0.2) is 0 Å². The fourth-order valence-corrected chi connectivity index (χ4v) is 1.54. The van der Waals surface area contributed by atoms with Crippen LogP contribution in [-0.2, 0) is 4.79 Å². The van der Waals surface area contributed by atoms with Crippen LogP contribution in [-0.4, -0.2) is 19.0 Å². The van der Waals surface area contributed by atoms with E-state index in [1.54, 1.807) is 6.08 Å². The number of hydrogen-bond acceptors (Lipinski definition) is 2. The van der Waals surface area contributed by atoms with E-state index < -0.39 is 0 Å². The molecule has 3 nitrogen and oxygen atoms in total. The van der Waals surface area contributed by atoms with Crippen LogP contribution in [0.1, 0.15) is 24.9 Å². The molecule has 0 heterocycles. The van der Waals surface area contributed by atoms with Crippen molar-refractivity contribution in [2.45, 2.75) is 19.4 Å². The van der Waals surface area contributed by atoms with Gasteiger partial charge in [0, 0.05) is 19.5 Å². The van der Waals surface area contributed by atoms with Crippen molar-refractivity contribution in [2.24, 2.45) is 0 Å². The molecular formula is C14H20N2O. The Balaban J connectivity index is 2.29. The number of carbonyl (C=O) groups excluding carboxylic acids is 1. The average Bonchev–Trinajstić information content (AvgIpc) is 2.36. The van der Waals surface area contributed by atoms with Gasteiger partial charge in [-0.1, -0.05) is 36.4 Å². The zero-order valence-corrected chi connectivity index (χ0v) is 10.3. The predicted molar refractivity (Wildman–Crippen MR) is 70.7 cm³/mol. The van der Waals surface area contributed by atoms with Crippen LogP contribution in [0, 0.1) is 0 Å². The van der Waals surface area contributed by atoms with Crippen molar-refractivity contribution >= 4 is 5.91 Å². The van der Waals surface area contributed by atoms with Crippen LogP contribution >= 0.6 is 0 Å². The van der Waals surface area contributed by atoms with Crippen molar-refractivity contribution in [3.8, 4) is 0 Å². The average molecular weight is 232 g/mol. The third-order valence-electron chi connectivity index (χ3n) is 2.49. The Labute approximate surface area is 103 Å². The maximum absolute atomic E-state index is 11.6. The molecule has 1 unspecified atom stereocenters. The molecular weight excluding hydrogens is 212 g/mol. The highest BCUT2D eigenvalue weighted by molar-refractivity contribution is 5.76. The second-order valence-corrected chi connectivity index (χ2v) is 3.94. The van der Waals surface area contributed by atoms with Gasteiger partial charge >= 0.3 is 0 Å². The van der Waals surface area contributed by atoms with Crippen molar-refractivity contribution in [3.05, 3.63) is 48.6 Å². The number of hydrogen-bond donors (Lipinski definition) is 2. The van der Waals surface area contributed by atoms with Crippen LogP contribution in [0.25, 0.3) is 0 Å². The SMILES string of the molecule is C=CCNCCC(=O)NC(C)c1ccccc1. The minimum atomic E-state index is 0.0584. The first-order chi connectivity index (χ1) is 8.24. The van der Waals surface area contributed by atoms with E-state index in [4.69, 9.17) is 0 Å². The molecule has 1 rings (SSSR count). The number of rotatable bonds is 7. The normalized spacial score (nSPS) is 11.8. The van der Waals surface area contributed by atoms with Crippen LogP contribution < -0.4 is 10.6 Å². The molecule has 0 saturated heterocycles. The number of carbonyl (C=O) groups is 1. The summed E-state index contributed by atoms with van der Waals surface area (Å²) < 4.78 is 0. The van der Waals surface area contributed by atoms with E-state index in [-0.39, 0.29) is 11.9 Å². The molecule has 0 saturated carbocycles. The Bertz CT molecular complexity index is 348. The molecule has 2 N–H and O–H groups in total. The zero-order valence-electron chi connectivity index (χ0n) is 10.3. The summed E-state index contributed by atoms with van der Waals surface area (Å²) in [5, 5.41) is 6.07. The van der Waals surface area contributed by atoms with Gasteiger partial charge in [-0.15, -0.1) is 6.58 Å². The monoisotopic (exact) mass is 232 g/mol. The molecule has 1 atom stereocenters. The number of amides is 1. The van der Waals surface area contributed by atoms with Crippen LogP contribution in [0.15, 0.2) is 43.0 Å². The smallest absolute Gasteiger partial charge is 0.221 e. The minimum absolute atomic E-state index is 0.0584. The maximum atomic E-state index is 11.6. The first-order valence-electron chi connectivity index (χ1n) is 5.90. The lowest BCUT2D eigenvalue weighted by atomic mass is 10.1. The van der Waals surface area contributed by atoms with Crippen molar-refractivity contribution in [1.29, 1.82) is 0 Å². The van der Waals surface area contributed by atoms with Gasteiger partial charge in [-0.3, -0.25) is 4.79 Å². The van der Waals surface area contributed by atoms with Gasteiger partial charge < -0.3 is 10.6 Å². The highest BCUT2D eigenvalue weighted by atomic mass is 16.1. The molecule has 0 aliphatic heterocycles. The maximum Gasteiger partial charge on any atom is 0.221 e. The van der Waals surface area contributed by atoms with E-state index in [0.717, 1.165) is 12.1 Å². The van der Waals surface area contributed by atoms with Crippen molar-refractivity contribution in [2.75, 3.05) is 13.1 Å². The molecule has 1 amide bonds. The molecule has 3 heteroatoms. The van der Waals surface area contributed by atoms with Gasteiger partial charge in [0.15, 0.2) is 0 Å². The Morgan fingerprint density at radius 1 is 1.41 bits per heavy atom. The molecule has 1 aromatic rings. The van der Waals surface area contributed by atoms with Gasteiger partial charge in [-0.05, 0) is 12.5 Å². The summed E-state index contributed by atoms with van der Waals surface area (Å²) in [4.78, 5) is 11.6. The van der Waals surface area contributed by atoms with Crippen molar-refractivity contribution in [3.63, 3.8) is 0 Å². The van der Waals surface area contributed by atoms with Gasteiger partial charge in [0.1, 0.15) is 0 Å². The van der Waals surface area contributed by atoms with Crippen molar-refractivity contribution < 1.29 is 4.79 Å². The van der Waals surface area contributed by atoms with Crippen LogP contribution in [0.5, 0.6) is 0 Å². The number of benzene rings is 1. The number of nitrogens with one attached hydrogen (secondary N) is 2. The Morgan fingerprint density at radius 3 is 2.76 bits per heavy atom. The Morgan fingerprint density at radius 2 is 2.12 bits per heavy atom. The molecule has 0 aromatic heterocycles. The lowest BCUT2D eigenvalue weighted by Gasteiger charge is -2.14. The molecule has 0 radical (unpaired) electrons. The van der Waals surface area contributed by atoms with Crippen LogP contribution in [0.3, 0.4) is 0 Å².